The van der Waals surface area contributed by atoms with Crippen molar-refractivity contribution in [3.63, 3.8) is 0 Å². The maximum Gasteiger partial charge on any atom is 0.242 e. The van der Waals surface area contributed by atoms with E-state index in [1.54, 1.807) is 6.20 Å². The maximum absolute atomic E-state index is 11.9. The lowest BCUT2D eigenvalue weighted by atomic mass is 10.4. The van der Waals surface area contributed by atoms with Crippen LogP contribution in [-0.2, 0) is 4.79 Å². The fourth-order valence-electron chi connectivity index (χ4n) is 1.94. The van der Waals surface area contributed by atoms with E-state index < -0.39 is 0 Å². The first-order chi connectivity index (χ1) is 8.16. The molecule has 0 aromatic carbocycles. The molecule has 0 saturated carbocycles. The molecule has 0 N–H and O–H groups in total. The van der Waals surface area contributed by atoms with E-state index in [9.17, 15) is 4.79 Å². The molecule has 2 heterocycles. The highest BCUT2D eigenvalue weighted by Gasteiger charge is 2.19. The topological polar surface area (TPSA) is 36.4 Å². The first kappa shape index (κ1) is 12.4. The molecule has 0 bridgehead atoms. The number of hydrogen-bond donors (Lipinski definition) is 0. The Labute approximate surface area is 110 Å². The number of likely N-dealkylation sites (tertiary alicyclic amines) is 1. The van der Waals surface area contributed by atoms with E-state index in [0.29, 0.717) is 6.54 Å². The molecule has 1 aromatic heterocycles. The van der Waals surface area contributed by atoms with Gasteiger partial charge in [-0.25, -0.2) is 4.98 Å². The van der Waals surface area contributed by atoms with Crippen LogP contribution in [0.15, 0.2) is 22.8 Å². The van der Waals surface area contributed by atoms with Crippen molar-refractivity contribution in [2.24, 2.45) is 0 Å². The van der Waals surface area contributed by atoms with Gasteiger partial charge in [-0.1, -0.05) is 0 Å². The Morgan fingerprint density at radius 3 is 2.76 bits per heavy atom. The molecule has 1 aliphatic heterocycles. The van der Waals surface area contributed by atoms with Crippen LogP contribution in [0, 0.1) is 0 Å². The van der Waals surface area contributed by atoms with Gasteiger partial charge in [-0.15, -0.1) is 0 Å². The Kier molecular flexibility index (Phi) is 3.99. The molecule has 1 amide bonds. The third kappa shape index (κ3) is 3.19. The molecule has 4 nitrogen and oxygen atoms in total. The zero-order chi connectivity index (χ0) is 12.3. The van der Waals surface area contributed by atoms with Crippen LogP contribution in [0.1, 0.15) is 12.8 Å². The van der Waals surface area contributed by atoms with Crippen LogP contribution in [0.4, 0.5) is 5.82 Å². The van der Waals surface area contributed by atoms with Gasteiger partial charge >= 0.3 is 0 Å². The standard InChI is InChI=1S/C12H16BrN3O/c1-15(11-5-4-10(13)8-14-11)9-12(17)16-6-2-3-7-16/h4-5,8H,2-3,6-7,9H2,1H3. The second-order valence-corrected chi connectivity index (χ2v) is 5.19. The predicted octanol–water partition coefficient (Wildman–Crippen LogP) is 1.90. The average Bonchev–Trinajstić information content (AvgIpc) is 2.83. The van der Waals surface area contributed by atoms with Crippen LogP contribution >= 0.6 is 15.9 Å². The highest BCUT2D eigenvalue weighted by molar-refractivity contribution is 9.10. The van der Waals surface area contributed by atoms with Crippen LogP contribution in [0.2, 0.25) is 0 Å². The van der Waals surface area contributed by atoms with E-state index in [-0.39, 0.29) is 5.91 Å². The number of nitrogens with zero attached hydrogens (tertiary/aromatic N) is 3. The Bertz CT molecular complexity index is 387. The molecular weight excluding hydrogens is 282 g/mol. The molecular formula is C12H16BrN3O. The van der Waals surface area contributed by atoms with Crippen LogP contribution in [0.3, 0.4) is 0 Å². The molecule has 0 unspecified atom stereocenters. The summed E-state index contributed by atoms with van der Waals surface area (Å²) in [4.78, 5) is 20.0. The van der Waals surface area contributed by atoms with Crippen molar-refractivity contribution < 1.29 is 4.79 Å². The van der Waals surface area contributed by atoms with E-state index in [1.807, 2.05) is 29.0 Å². The van der Waals surface area contributed by atoms with Crippen molar-refractivity contribution in [3.8, 4) is 0 Å². The fourth-order valence-corrected chi connectivity index (χ4v) is 2.18. The van der Waals surface area contributed by atoms with Gasteiger partial charge in [0.1, 0.15) is 5.82 Å². The van der Waals surface area contributed by atoms with Crippen molar-refractivity contribution in [3.05, 3.63) is 22.8 Å². The third-order valence-electron chi connectivity index (χ3n) is 2.93. The molecule has 1 fully saturated rings. The Hall–Kier alpha value is -1.10. The first-order valence-electron chi connectivity index (χ1n) is 5.77. The number of anilines is 1. The highest BCUT2D eigenvalue weighted by atomic mass is 79.9. The summed E-state index contributed by atoms with van der Waals surface area (Å²) in [5.74, 6) is 1.01. The molecule has 1 aliphatic rings. The van der Waals surface area contributed by atoms with Crippen molar-refractivity contribution in [1.29, 1.82) is 0 Å². The molecule has 0 aliphatic carbocycles. The normalized spacial score (nSPS) is 15.1. The second kappa shape index (κ2) is 5.49. The number of amides is 1. The number of rotatable bonds is 3. The molecule has 2 rings (SSSR count). The number of pyridine rings is 1. The highest BCUT2D eigenvalue weighted by Crippen LogP contribution is 2.14. The van der Waals surface area contributed by atoms with E-state index in [0.717, 1.165) is 36.2 Å². The molecule has 0 atom stereocenters. The van der Waals surface area contributed by atoms with Crippen molar-refractivity contribution >= 4 is 27.7 Å². The summed E-state index contributed by atoms with van der Waals surface area (Å²) in [5.41, 5.74) is 0. The van der Waals surface area contributed by atoms with Gasteiger partial charge in [0.2, 0.25) is 5.91 Å². The minimum absolute atomic E-state index is 0.190. The number of likely N-dealkylation sites (N-methyl/N-ethyl adjacent to an activating group) is 1. The molecule has 0 radical (unpaired) electrons. The zero-order valence-corrected chi connectivity index (χ0v) is 11.5. The minimum Gasteiger partial charge on any atom is -0.350 e. The second-order valence-electron chi connectivity index (χ2n) is 4.28. The quantitative estimate of drug-likeness (QED) is 0.855. The van der Waals surface area contributed by atoms with Gasteiger partial charge in [0.25, 0.3) is 0 Å². The molecule has 5 heteroatoms. The summed E-state index contributed by atoms with van der Waals surface area (Å²) in [6.45, 7) is 2.20. The molecule has 1 aromatic rings. The van der Waals surface area contributed by atoms with E-state index in [2.05, 4.69) is 20.9 Å². The number of hydrogen-bond acceptors (Lipinski definition) is 3. The van der Waals surface area contributed by atoms with Gasteiger partial charge < -0.3 is 9.80 Å². The Morgan fingerprint density at radius 2 is 2.18 bits per heavy atom. The lowest BCUT2D eigenvalue weighted by molar-refractivity contribution is -0.128. The predicted molar refractivity (Wildman–Crippen MR) is 71.0 cm³/mol. The van der Waals surface area contributed by atoms with Crippen molar-refractivity contribution in [1.82, 2.24) is 9.88 Å². The van der Waals surface area contributed by atoms with Crippen molar-refractivity contribution in [2.45, 2.75) is 12.8 Å². The van der Waals surface area contributed by atoms with Crippen LogP contribution in [0.25, 0.3) is 0 Å². The Morgan fingerprint density at radius 1 is 1.47 bits per heavy atom. The average molecular weight is 298 g/mol. The summed E-state index contributed by atoms with van der Waals surface area (Å²) >= 11 is 3.34. The summed E-state index contributed by atoms with van der Waals surface area (Å²) in [6.07, 6.45) is 4.00. The van der Waals surface area contributed by atoms with E-state index in [1.165, 1.54) is 0 Å². The number of carbonyl (C=O) groups excluding carboxylic acids is 1. The zero-order valence-electron chi connectivity index (χ0n) is 9.90. The summed E-state index contributed by atoms with van der Waals surface area (Å²) < 4.78 is 0.945. The van der Waals surface area contributed by atoms with Gasteiger partial charge in [0, 0.05) is 30.8 Å². The van der Waals surface area contributed by atoms with Gasteiger partial charge in [-0.05, 0) is 40.9 Å². The lowest BCUT2D eigenvalue weighted by Gasteiger charge is -2.21. The smallest absolute Gasteiger partial charge is 0.242 e. The van der Waals surface area contributed by atoms with Gasteiger partial charge in [-0.2, -0.15) is 0 Å². The van der Waals surface area contributed by atoms with Crippen LogP contribution in [-0.4, -0.2) is 42.5 Å². The van der Waals surface area contributed by atoms with Gasteiger partial charge in [-0.3, -0.25) is 4.79 Å². The summed E-state index contributed by atoms with van der Waals surface area (Å²) in [7, 11) is 1.89. The minimum atomic E-state index is 0.190. The number of aromatic nitrogens is 1. The molecule has 17 heavy (non-hydrogen) atoms. The van der Waals surface area contributed by atoms with E-state index >= 15 is 0 Å². The van der Waals surface area contributed by atoms with Crippen LogP contribution in [0.5, 0.6) is 0 Å². The third-order valence-corrected chi connectivity index (χ3v) is 3.40. The molecule has 0 spiro atoms. The van der Waals surface area contributed by atoms with E-state index in [4.69, 9.17) is 0 Å². The number of halogens is 1. The largest absolute Gasteiger partial charge is 0.350 e. The lowest BCUT2D eigenvalue weighted by Crippen LogP contribution is -2.37. The fraction of sp³-hybridized carbons (Fsp3) is 0.500. The summed E-state index contributed by atoms with van der Waals surface area (Å²) in [6, 6.07) is 3.83. The Balaban J connectivity index is 1.93. The number of carbonyl (C=O) groups is 1. The SMILES string of the molecule is CN(CC(=O)N1CCCC1)c1ccc(Br)cn1. The monoisotopic (exact) mass is 297 g/mol. The molecule has 1 saturated heterocycles. The van der Waals surface area contributed by atoms with Gasteiger partial charge in [0.15, 0.2) is 0 Å². The molecule has 92 valence electrons. The van der Waals surface area contributed by atoms with Gasteiger partial charge in [0.05, 0.1) is 6.54 Å². The van der Waals surface area contributed by atoms with Crippen LogP contribution < -0.4 is 4.90 Å². The summed E-state index contributed by atoms with van der Waals surface area (Å²) in [5, 5.41) is 0. The maximum atomic E-state index is 11.9. The van der Waals surface area contributed by atoms with Crippen molar-refractivity contribution in [2.75, 3.05) is 31.6 Å². The first-order valence-corrected chi connectivity index (χ1v) is 6.56.